The summed E-state index contributed by atoms with van der Waals surface area (Å²) in [5.74, 6) is 0. The summed E-state index contributed by atoms with van der Waals surface area (Å²) in [5, 5.41) is 0. The molecule has 0 fully saturated rings. The normalized spacial score (nSPS) is 11.2. The molecule has 0 saturated carbocycles. The van der Waals surface area contributed by atoms with Crippen LogP contribution in [0.15, 0.2) is 34.3 Å². The Morgan fingerprint density at radius 2 is 0.880 bits per heavy atom. The Morgan fingerprint density at radius 1 is 0.640 bits per heavy atom. The van der Waals surface area contributed by atoms with Crippen LogP contribution in [-0.4, -0.2) is 12.4 Å². The number of rotatable bonds is 3. The fraction of sp³-hybridized carbons (Fsp3) is 0.300. The first-order valence-corrected chi connectivity index (χ1v) is 10.7. The van der Waals surface area contributed by atoms with Crippen molar-refractivity contribution in [2.75, 3.05) is 0 Å². The summed E-state index contributed by atoms with van der Waals surface area (Å²) in [7, 11) is 9.47. The van der Waals surface area contributed by atoms with Gasteiger partial charge in [0, 0.05) is 12.4 Å². The minimum absolute atomic E-state index is 0.382. The van der Waals surface area contributed by atoms with Crippen molar-refractivity contribution in [2.45, 2.75) is 41.5 Å². The number of hydrogen-bond donors (Lipinski definition) is 0. The molecule has 25 heavy (non-hydrogen) atoms. The molecule has 0 aliphatic rings. The van der Waals surface area contributed by atoms with Gasteiger partial charge in [-0.25, -0.2) is 0 Å². The Kier molecular flexibility index (Phi) is 9.44. The quantitative estimate of drug-likeness (QED) is 0.475. The monoisotopic (exact) mass is 421 g/mol. The van der Waals surface area contributed by atoms with E-state index < -0.39 is 0 Å². The predicted molar refractivity (Wildman–Crippen MR) is 109 cm³/mol. The van der Waals surface area contributed by atoms with Crippen LogP contribution in [0.3, 0.4) is 0 Å². The number of aryl methyl sites for hydroxylation is 6. The average molecular weight is 422 g/mol. The summed E-state index contributed by atoms with van der Waals surface area (Å²) < 4.78 is 0. The van der Waals surface area contributed by atoms with Gasteiger partial charge in [0.25, 0.3) is 0 Å². The number of nitrogens with zero attached hydrogens (tertiary/aromatic N) is 2. The molecule has 137 valence electrons. The molecule has 2 rings (SSSR count). The van der Waals surface area contributed by atoms with Crippen LogP contribution in [0, 0.1) is 41.5 Å². The van der Waals surface area contributed by atoms with E-state index in [1.807, 2.05) is 0 Å². The second kappa shape index (κ2) is 10.8. The number of halogens is 2. The van der Waals surface area contributed by atoms with Gasteiger partial charge in [0.2, 0.25) is 0 Å². The molecule has 0 aliphatic carbocycles. The Bertz CT molecular complexity index is 672. The van der Waals surface area contributed by atoms with Crippen LogP contribution < -0.4 is 0 Å². The van der Waals surface area contributed by atoms with E-state index in [1.54, 1.807) is 12.4 Å². The Labute approximate surface area is 165 Å². The van der Waals surface area contributed by atoms with E-state index in [4.69, 9.17) is 20.3 Å². The van der Waals surface area contributed by atoms with Gasteiger partial charge < -0.3 is 0 Å². The van der Waals surface area contributed by atoms with E-state index in [-0.39, 0.29) is 0 Å². The van der Waals surface area contributed by atoms with Crippen molar-refractivity contribution in [3.05, 3.63) is 57.6 Å². The van der Waals surface area contributed by atoms with E-state index in [0.717, 1.165) is 11.4 Å². The Morgan fingerprint density at radius 3 is 1.12 bits per heavy atom. The van der Waals surface area contributed by atoms with E-state index in [0.29, 0.717) is 12.9 Å². The van der Waals surface area contributed by atoms with Crippen LogP contribution in [0.25, 0.3) is 0 Å². The second-order valence-electron chi connectivity index (χ2n) is 6.10. The molecule has 2 aromatic rings. The molecule has 0 unspecified atom stereocenters. The minimum atomic E-state index is 0.382. The first-order chi connectivity index (χ1) is 11.8. The maximum absolute atomic E-state index is 4.73. The molecule has 0 heterocycles. The Hall–Kier alpha value is -1.13. The standard InChI is InChI=1S/C20H24N2.2ClH.Co/c1-13-9-15(3)19(16(4)10-13)21-7-8-22-20-17(5)11-14(2)12-18(20)6;;;/h7-12H,1-6H3;2*1H;/q;;;+2/p-2. The third-order valence-electron chi connectivity index (χ3n) is 3.74. The van der Waals surface area contributed by atoms with Crippen LogP contribution in [0.5, 0.6) is 0 Å². The van der Waals surface area contributed by atoms with Gasteiger partial charge in [0.1, 0.15) is 0 Å². The van der Waals surface area contributed by atoms with E-state index >= 15 is 0 Å². The molecule has 0 atom stereocenters. The van der Waals surface area contributed by atoms with Crippen LogP contribution in [0.2, 0.25) is 0 Å². The van der Waals surface area contributed by atoms with Gasteiger partial charge >= 0.3 is 33.2 Å². The average Bonchev–Trinajstić information content (AvgIpc) is 2.48. The van der Waals surface area contributed by atoms with Crippen LogP contribution >= 0.6 is 20.3 Å². The molecule has 0 N–H and O–H groups in total. The first-order valence-electron chi connectivity index (χ1n) is 7.86. The molecule has 5 heteroatoms. The molecule has 0 bridgehead atoms. The zero-order valence-corrected chi connectivity index (χ0v) is 18.0. The summed E-state index contributed by atoms with van der Waals surface area (Å²) in [6.45, 7) is 12.6. The van der Waals surface area contributed by atoms with Gasteiger partial charge in [0.15, 0.2) is 0 Å². The molecule has 2 nitrogen and oxygen atoms in total. The van der Waals surface area contributed by atoms with E-state index in [1.165, 1.54) is 33.4 Å². The molecule has 0 aliphatic heterocycles. The topological polar surface area (TPSA) is 24.7 Å². The van der Waals surface area contributed by atoms with Crippen LogP contribution in [-0.2, 0) is 12.9 Å². The molecular weight excluding hydrogens is 398 g/mol. The number of benzene rings is 2. The Balaban J connectivity index is 0.000000970. The number of aliphatic imine (C=N–C) groups is 2. The molecular formula is C20H24Cl2CoN2. The van der Waals surface area contributed by atoms with Crippen LogP contribution in [0.4, 0.5) is 11.4 Å². The molecule has 0 radical (unpaired) electrons. The summed E-state index contributed by atoms with van der Waals surface area (Å²) in [4.78, 5) is 9.13. The van der Waals surface area contributed by atoms with Crippen LogP contribution in [0.1, 0.15) is 33.4 Å². The summed E-state index contributed by atoms with van der Waals surface area (Å²) >= 11 is 0.382. The van der Waals surface area contributed by atoms with Gasteiger partial charge in [0.05, 0.1) is 11.4 Å². The fourth-order valence-electron chi connectivity index (χ4n) is 2.97. The SMILES string of the molecule is Cc1cc(C)c(N=CC=Nc2c(C)cc(C)cc2C)c(C)c1.[Cl][Co][Cl]. The van der Waals surface area contributed by atoms with Gasteiger partial charge in [-0.2, -0.15) is 0 Å². The third-order valence-corrected chi connectivity index (χ3v) is 3.74. The van der Waals surface area contributed by atoms with Crippen molar-refractivity contribution >= 4 is 44.1 Å². The maximum atomic E-state index is 4.73. The molecule has 0 amide bonds. The van der Waals surface area contributed by atoms with Crippen molar-refractivity contribution in [1.82, 2.24) is 0 Å². The molecule has 0 saturated heterocycles. The fourth-order valence-corrected chi connectivity index (χ4v) is 2.97. The van der Waals surface area contributed by atoms with E-state index in [2.05, 4.69) is 75.8 Å². The van der Waals surface area contributed by atoms with Crippen molar-refractivity contribution in [3.63, 3.8) is 0 Å². The molecule has 0 spiro atoms. The van der Waals surface area contributed by atoms with Gasteiger partial charge in [-0.3, -0.25) is 9.98 Å². The molecule has 2 aromatic carbocycles. The zero-order chi connectivity index (χ0) is 19.0. The van der Waals surface area contributed by atoms with Gasteiger partial charge in [-0.05, 0) is 63.8 Å². The van der Waals surface area contributed by atoms with Gasteiger partial charge in [-0.15, -0.1) is 0 Å². The first kappa shape index (κ1) is 21.9. The second-order valence-corrected chi connectivity index (χ2v) is 7.82. The summed E-state index contributed by atoms with van der Waals surface area (Å²) in [6.07, 6.45) is 3.56. The van der Waals surface area contributed by atoms with Crippen molar-refractivity contribution in [3.8, 4) is 0 Å². The third kappa shape index (κ3) is 6.94. The number of hydrogen-bond acceptors (Lipinski definition) is 2. The van der Waals surface area contributed by atoms with Gasteiger partial charge in [-0.1, -0.05) is 35.4 Å². The molecule has 0 aromatic heterocycles. The summed E-state index contributed by atoms with van der Waals surface area (Å²) in [6, 6.07) is 8.63. The van der Waals surface area contributed by atoms with Crippen molar-refractivity contribution in [2.24, 2.45) is 9.98 Å². The summed E-state index contributed by atoms with van der Waals surface area (Å²) in [5.41, 5.74) is 9.41. The van der Waals surface area contributed by atoms with E-state index in [9.17, 15) is 0 Å². The predicted octanol–water partition coefficient (Wildman–Crippen LogP) is 7.02. The van der Waals surface area contributed by atoms with Crippen molar-refractivity contribution < 1.29 is 12.9 Å². The zero-order valence-electron chi connectivity index (χ0n) is 15.4. The van der Waals surface area contributed by atoms with Crippen molar-refractivity contribution in [1.29, 1.82) is 0 Å².